The lowest BCUT2D eigenvalue weighted by atomic mass is 10.1. The zero-order valence-corrected chi connectivity index (χ0v) is 19.2. The molecule has 0 amide bonds. The molecular weight excluding hydrogens is 406 g/mol. The molecule has 3 N–H and O–H groups in total. The average molecular weight is 440 g/mol. The van der Waals surface area contributed by atoms with Crippen molar-refractivity contribution < 1.29 is 19.3 Å². The van der Waals surface area contributed by atoms with Gasteiger partial charge in [0.1, 0.15) is 24.3 Å². The van der Waals surface area contributed by atoms with Gasteiger partial charge in [-0.15, -0.1) is 0 Å². The van der Waals surface area contributed by atoms with E-state index in [2.05, 4.69) is 29.5 Å². The van der Waals surface area contributed by atoms with Crippen LogP contribution in [0.15, 0.2) is 48.7 Å². The number of aromatic nitrogens is 1. The van der Waals surface area contributed by atoms with Crippen LogP contribution in [-0.2, 0) is 6.42 Å². The Morgan fingerprint density at radius 3 is 2.53 bits per heavy atom. The summed E-state index contributed by atoms with van der Waals surface area (Å²) in [4.78, 5) is 4.44. The predicted molar refractivity (Wildman–Crippen MR) is 128 cm³/mol. The summed E-state index contributed by atoms with van der Waals surface area (Å²) in [5, 5.41) is 19.0. The van der Waals surface area contributed by atoms with Crippen LogP contribution in [0.4, 0.5) is 5.82 Å². The molecule has 0 saturated carbocycles. The highest BCUT2D eigenvalue weighted by Crippen LogP contribution is 2.30. The molecule has 0 spiro atoms. The van der Waals surface area contributed by atoms with Gasteiger partial charge in [0.2, 0.25) is 0 Å². The molecule has 32 heavy (non-hydrogen) atoms. The summed E-state index contributed by atoms with van der Waals surface area (Å²) >= 11 is 0. The maximum Gasteiger partial charge on any atom is 0.160 e. The molecule has 1 aromatic heterocycles. The minimum absolute atomic E-state index is 0.206. The normalized spacial score (nSPS) is 12.1. The fraction of sp³-hybridized carbons (Fsp3) is 0.400. The lowest BCUT2D eigenvalue weighted by Crippen LogP contribution is -2.32. The molecule has 3 aromatic rings. The predicted octanol–water partition coefficient (Wildman–Crippen LogP) is 3.64. The summed E-state index contributed by atoms with van der Waals surface area (Å²) < 4.78 is 16.5. The molecule has 1 atom stereocenters. The van der Waals surface area contributed by atoms with Crippen molar-refractivity contribution >= 4 is 16.6 Å². The number of nitrogens with zero attached hydrogens (tertiary/aromatic N) is 1. The van der Waals surface area contributed by atoms with Crippen molar-refractivity contribution in [2.24, 2.45) is 0 Å². The summed E-state index contributed by atoms with van der Waals surface area (Å²) in [6, 6.07) is 14.0. The first-order valence-electron chi connectivity index (χ1n) is 10.9. The SMILES string of the molecule is COc1ccc(CCNCC(O)COc2cccc3c(NC(C)C)nccc23)cc1OC. The van der Waals surface area contributed by atoms with Gasteiger partial charge in [-0.05, 0) is 56.6 Å². The summed E-state index contributed by atoms with van der Waals surface area (Å²) in [6.45, 7) is 5.54. The standard InChI is InChI=1S/C25H33N3O4/c1-17(2)28-25-21-6-5-7-22(20(21)11-13-27-25)32-16-19(29)15-26-12-10-18-8-9-23(30-3)24(14-18)31-4/h5-9,11,13-14,17,19,26,29H,10,12,15-16H2,1-4H3,(H,27,28). The molecule has 0 aliphatic carbocycles. The summed E-state index contributed by atoms with van der Waals surface area (Å²) in [7, 11) is 3.25. The number of ether oxygens (including phenoxy) is 3. The maximum atomic E-state index is 10.4. The minimum Gasteiger partial charge on any atom is -0.493 e. The molecule has 2 aromatic carbocycles. The van der Waals surface area contributed by atoms with Crippen molar-refractivity contribution in [3.05, 3.63) is 54.2 Å². The van der Waals surface area contributed by atoms with E-state index >= 15 is 0 Å². The van der Waals surface area contributed by atoms with Gasteiger partial charge in [-0.3, -0.25) is 0 Å². The fourth-order valence-electron chi connectivity index (χ4n) is 3.48. The lowest BCUT2D eigenvalue weighted by Gasteiger charge is -2.16. The highest BCUT2D eigenvalue weighted by molar-refractivity contribution is 5.95. The Bertz CT molecular complexity index is 1010. The molecule has 1 unspecified atom stereocenters. The van der Waals surface area contributed by atoms with E-state index in [-0.39, 0.29) is 12.6 Å². The van der Waals surface area contributed by atoms with Gasteiger partial charge in [0.15, 0.2) is 11.5 Å². The number of hydrogen-bond donors (Lipinski definition) is 3. The summed E-state index contributed by atoms with van der Waals surface area (Å²) in [5.41, 5.74) is 1.14. The van der Waals surface area contributed by atoms with Gasteiger partial charge in [0, 0.05) is 29.6 Å². The van der Waals surface area contributed by atoms with E-state index in [1.54, 1.807) is 20.4 Å². The molecule has 7 nitrogen and oxygen atoms in total. The quantitative estimate of drug-likeness (QED) is 0.372. The number of rotatable bonds is 12. The Balaban J connectivity index is 1.49. The monoisotopic (exact) mass is 439 g/mol. The summed E-state index contributed by atoms with van der Waals surface area (Å²) in [5.74, 6) is 3.00. The van der Waals surface area contributed by atoms with Crippen LogP contribution >= 0.6 is 0 Å². The van der Waals surface area contributed by atoms with Crippen LogP contribution in [0, 0.1) is 0 Å². The third-order valence-corrected chi connectivity index (χ3v) is 5.04. The highest BCUT2D eigenvalue weighted by Gasteiger charge is 2.11. The molecule has 0 saturated heterocycles. The van der Waals surface area contributed by atoms with Gasteiger partial charge in [-0.25, -0.2) is 4.98 Å². The Hall–Kier alpha value is -3.03. The van der Waals surface area contributed by atoms with Crippen molar-refractivity contribution in [3.63, 3.8) is 0 Å². The third kappa shape index (κ3) is 6.24. The van der Waals surface area contributed by atoms with Crippen LogP contribution in [-0.4, -0.2) is 56.2 Å². The molecule has 0 aliphatic heterocycles. The number of aliphatic hydroxyl groups excluding tert-OH is 1. The van der Waals surface area contributed by atoms with E-state index in [9.17, 15) is 5.11 Å². The van der Waals surface area contributed by atoms with E-state index in [1.165, 1.54) is 0 Å². The van der Waals surface area contributed by atoms with Crippen LogP contribution in [0.5, 0.6) is 17.2 Å². The number of aliphatic hydroxyl groups is 1. The van der Waals surface area contributed by atoms with Crippen LogP contribution in [0.25, 0.3) is 10.8 Å². The average Bonchev–Trinajstić information content (AvgIpc) is 2.80. The second-order valence-electron chi connectivity index (χ2n) is 7.92. The molecule has 0 fully saturated rings. The van der Waals surface area contributed by atoms with Crippen LogP contribution < -0.4 is 24.8 Å². The zero-order valence-electron chi connectivity index (χ0n) is 19.2. The Kier molecular flexibility index (Phi) is 8.53. The van der Waals surface area contributed by atoms with Crippen molar-refractivity contribution in [2.45, 2.75) is 32.4 Å². The van der Waals surface area contributed by atoms with Gasteiger partial charge < -0.3 is 30.0 Å². The van der Waals surface area contributed by atoms with E-state index in [0.29, 0.717) is 12.3 Å². The van der Waals surface area contributed by atoms with Crippen LogP contribution in [0.1, 0.15) is 19.4 Å². The van der Waals surface area contributed by atoms with Gasteiger partial charge in [-0.2, -0.15) is 0 Å². The van der Waals surface area contributed by atoms with Crippen LogP contribution in [0.3, 0.4) is 0 Å². The first-order valence-corrected chi connectivity index (χ1v) is 10.9. The zero-order chi connectivity index (χ0) is 22.9. The van der Waals surface area contributed by atoms with Crippen molar-refractivity contribution in [2.75, 3.05) is 39.2 Å². The molecule has 3 rings (SSSR count). The van der Waals surface area contributed by atoms with Gasteiger partial charge in [0.05, 0.1) is 14.2 Å². The van der Waals surface area contributed by atoms with Crippen molar-refractivity contribution in [3.8, 4) is 17.2 Å². The number of nitrogens with one attached hydrogen (secondary N) is 2. The largest absolute Gasteiger partial charge is 0.493 e. The molecule has 0 radical (unpaired) electrons. The first-order chi connectivity index (χ1) is 15.5. The Labute approximate surface area is 189 Å². The third-order valence-electron chi connectivity index (χ3n) is 5.04. The van der Waals surface area contributed by atoms with Crippen LogP contribution in [0.2, 0.25) is 0 Å². The number of methoxy groups -OCH3 is 2. The smallest absolute Gasteiger partial charge is 0.160 e. The maximum absolute atomic E-state index is 10.4. The van der Waals surface area contributed by atoms with Crippen molar-refractivity contribution in [1.29, 1.82) is 0 Å². The van der Waals surface area contributed by atoms with Gasteiger partial charge >= 0.3 is 0 Å². The molecule has 7 heteroatoms. The second-order valence-corrected chi connectivity index (χ2v) is 7.92. The van der Waals surface area contributed by atoms with E-state index in [0.717, 1.165) is 46.6 Å². The molecular formula is C25H33N3O4. The fourth-order valence-corrected chi connectivity index (χ4v) is 3.48. The van der Waals surface area contributed by atoms with Gasteiger partial charge in [0.25, 0.3) is 0 Å². The van der Waals surface area contributed by atoms with Gasteiger partial charge in [-0.1, -0.05) is 18.2 Å². The summed E-state index contributed by atoms with van der Waals surface area (Å²) in [6.07, 6.45) is 1.97. The lowest BCUT2D eigenvalue weighted by molar-refractivity contribution is 0.107. The van der Waals surface area contributed by atoms with E-state index < -0.39 is 6.10 Å². The minimum atomic E-state index is -0.620. The number of fused-ring (bicyclic) bond motifs is 1. The number of anilines is 1. The second kappa shape index (κ2) is 11.5. The molecule has 0 bridgehead atoms. The van der Waals surface area contributed by atoms with E-state index in [1.807, 2.05) is 42.5 Å². The topological polar surface area (TPSA) is 84.9 Å². The first kappa shape index (κ1) is 23.6. The Morgan fingerprint density at radius 2 is 1.78 bits per heavy atom. The van der Waals surface area contributed by atoms with E-state index in [4.69, 9.17) is 14.2 Å². The Morgan fingerprint density at radius 1 is 0.969 bits per heavy atom. The molecule has 1 heterocycles. The van der Waals surface area contributed by atoms with Crippen molar-refractivity contribution in [1.82, 2.24) is 10.3 Å². The highest BCUT2D eigenvalue weighted by atomic mass is 16.5. The molecule has 172 valence electrons. The number of hydrogen-bond acceptors (Lipinski definition) is 7. The number of pyridine rings is 1. The number of benzene rings is 2. The molecule has 0 aliphatic rings.